The van der Waals surface area contributed by atoms with Crippen molar-refractivity contribution in [2.75, 3.05) is 13.1 Å². The van der Waals surface area contributed by atoms with E-state index in [0.717, 1.165) is 91.3 Å². The van der Waals surface area contributed by atoms with Crippen LogP contribution < -0.4 is 62.0 Å². The molecule has 0 spiro atoms. The molecule has 3 fully saturated rings. The Balaban J connectivity index is 0.000000205. The van der Waals surface area contributed by atoms with Crippen molar-refractivity contribution in [3.63, 3.8) is 0 Å². The number of benzene rings is 2. The van der Waals surface area contributed by atoms with Crippen LogP contribution in [-0.4, -0.2) is 82.5 Å². The van der Waals surface area contributed by atoms with E-state index in [9.17, 15) is 9.59 Å². The van der Waals surface area contributed by atoms with Crippen LogP contribution in [0.1, 0.15) is 85.3 Å². The normalized spacial score (nSPS) is 22.5. The molecule has 2 aromatic carbocycles. The first-order valence-corrected chi connectivity index (χ1v) is 17.5. The van der Waals surface area contributed by atoms with Gasteiger partial charge in [0.2, 0.25) is 11.8 Å². The Kier molecular flexibility index (Phi) is 13.3. The number of halogens is 1. The Hall–Kier alpha value is -1.71. The van der Waals surface area contributed by atoms with Gasteiger partial charge in [-0.1, -0.05) is 28.1 Å². The number of carboxylic acids is 1. The molecule has 10 nitrogen and oxygen atoms in total. The van der Waals surface area contributed by atoms with Crippen LogP contribution in [0, 0.1) is 0 Å². The third-order valence-electron chi connectivity index (χ3n) is 10.0. The van der Waals surface area contributed by atoms with Gasteiger partial charge in [0.1, 0.15) is 0 Å². The smallest absolute Gasteiger partial charge is 0.550 e. The fraction of sp³-hybridized carbons (Fsp3) is 0.528. The number of aliphatic imine (C=N–C) groups is 2. The molecule has 256 valence electrons. The summed E-state index contributed by atoms with van der Waals surface area (Å²) in [6.07, 6.45) is 5.88. The Morgan fingerprint density at radius 2 is 1.22 bits per heavy atom. The van der Waals surface area contributed by atoms with E-state index in [0.29, 0.717) is 0 Å². The molecule has 0 aromatic heterocycles. The standard InChI is InChI=1S/C20H27BN2O3.C14H15BrN2O.C2H4O2.K/c1-13(24)23-10-6-7-18(23)17-12-14-11-15(8-9-16(14)22-17)21-25-19(2,3)20(4,5)26-21;1-9(18)17-6-2-3-14(17)13-8-10-7-11(15)4-5-12(10)16-13;1-2(3)4;/h8-9,11,18H,6-7,10,12H2,1-5H3;4-5,7,14H,2-3,6,8H2,1H3;1H3,(H,3,4);/q;;;+1/p-1/t18-;14-;;/m00../s1. The van der Waals surface area contributed by atoms with Crippen molar-refractivity contribution >= 4 is 69.1 Å². The molecule has 0 bridgehead atoms. The average molecular weight is 760 g/mol. The van der Waals surface area contributed by atoms with E-state index >= 15 is 0 Å². The summed E-state index contributed by atoms with van der Waals surface area (Å²) in [5, 5.41) is 8.89. The number of likely N-dealkylation sites (tertiary alicyclic amines) is 2. The molecular formula is C36H45BBrKN4O6. The van der Waals surface area contributed by atoms with Crippen LogP contribution in [0.2, 0.25) is 0 Å². The number of hydrogen-bond donors (Lipinski definition) is 0. The fourth-order valence-corrected chi connectivity index (χ4v) is 7.34. The number of carbonyl (C=O) groups is 3. The molecule has 5 aliphatic heterocycles. The molecule has 0 N–H and O–H groups in total. The Labute approximate surface area is 341 Å². The third-order valence-corrected chi connectivity index (χ3v) is 10.5. The molecule has 5 heterocycles. The zero-order valence-electron chi connectivity index (χ0n) is 30.0. The van der Waals surface area contributed by atoms with Gasteiger partial charge in [0.25, 0.3) is 0 Å². The molecule has 0 saturated carbocycles. The predicted molar refractivity (Wildman–Crippen MR) is 189 cm³/mol. The summed E-state index contributed by atoms with van der Waals surface area (Å²) in [6.45, 7) is 14.3. The number of carboxylic acid groups (broad SMARTS) is 1. The van der Waals surface area contributed by atoms with Gasteiger partial charge in [0.05, 0.1) is 34.7 Å². The van der Waals surface area contributed by atoms with Crippen LogP contribution in [-0.2, 0) is 36.5 Å². The minimum atomic E-state index is -1.08. The largest absolute Gasteiger partial charge is 1.00 e. The number of fused-ring (bicyclic) bond motifs is 2. The number of nitrogens with zero attached hydrogens (tertiary/aromatic N) is 4. The van der Waals surface area contributed by atoms with Gasteiger partial charge < -0.3 is 29.0 Å². The first kappa shape index (κ1) is 40.1. The molecule has 0 unspecified atom stereocenters. The molecule has 0 radical (unpaired) electrons. The van der Waals surface area contributed by atoms with Gasteiger partial charge in [-0.3, -0.25) is 19.6 Å². The van der Waals surface area contributed by atoms with Crippen LogP contribution in [0.5, 0.6) is 0 Å². The number of amides is 2. The van der Waals surface area contributed by atoms with Crippen molar-refractivity contribution in [2.24, 2.45) is 9.98 Å². The maximum atomic E-state index is 11.9. The molecule has 5 aliphatic rings. The van der Waals surface area contributed by atoms with Crippen molar-refractivity contribution < 1.29 is 80.2 Å². The molecule has 2 atom stereocenters. The summed E-state index contributed by atoms with van der Waals surface area (Å²) in [7, 11) is -0.352. The van der Waals surface area contributed by atoms with Crippen molar-refractivity contribution in [3.8, 4) is 0 Å². The van der Waals surface area contributed by atoms with Crippen LogP contribution in [0.3, 0.4) is 0 Å². The van der Waals surface area contributed by atoms with E-state index in [1.807, 2.05) is 28.0 Å². The zero-order chi connectivity index (χ0) is 35.0. The SMILES string of the molecule is CC(=O)N1CCC[C@H]1C1=Nc2ccc(B3OC(C)(C)C(C)(C)O3)cc2C1.CC(=O)N1CCC[C@H]1C1=Nc2ccc(Br)cc2C1.CC(=O)[O-].[K+]. The van der Waals surface area contributed by atoms with Crippen LogP contribution in [0.25, 0.3) is 0 Å². The topological polar surface area (TPSA) is 124 Å². The molecular weight excluding hydrogens is 714 g/mol. The minimum Gasteiger partial charge on any atom is -0.550 e. The summed E-state index contributed by atoms with van der Waals surface area (Å²) >= 11 is 3.49. The number of aliphatic carboxylic acids is 1. The molecule has 13 heteroatoms. The molecule has 2 aromatic rings. The first-order chi connectivity index (χ1) is 22.6. The molecule has 0 aliphatic carbocycles. The Bertz CT molecular complexity index is 1640. The second kappa shape index (κ2) is 16.3. The quantitative estimate of drug-likeness (QED) is 0.438. The number of carbonyl (C=O) groups excluding carboxylic acids is 3. The predicted octanol–water partition coefficient (Wildman–Crippen LogP) is 1.47. The van der Waals surface area contributed by atoms with Gasteiger partial charge in [0.15, 0.2) is 0 Å². The van der Waals surface area contributed by atoms with Gasteiger partial charge in [-0.15, -0.1) is 0 Å². The van der Waals surface area contributed by atoms with Gasteiger partial charge in [-0.2, -0.15) is 0 Å². The maximum absolute atomic E-state index is 11.9. The van der Waals surface area contributed by atoms with E-state index in [-0.39, 0.29) is 93.6 Å². The second-order valence-corrected chi connectivity index (χ2v) is 15.0. The Morgan fingerprint density at radius 3 is 1.67 bits per heavy atom. The van der Waals surface area contributed by atoms with Crippen molar-refractivity contribution in [2.45, 2.75) is 110 Å². The van der Waals surface area contributed by atoms with Crippen molar-refractivity contribution in [1.82, 2.24) is 9.80 Å². The Morgan fingerprint density at radius 1 is 0.796 bits per heavy atom. The first-order valence-electron chi connectivity index (χ1n) is 16.7. The average Bonchev–Trinajstić information content (AvgIpc) is 3.81. The maximum Gasteiger partial charge on any atom is 1.00 e. The summed E-state index contributed by atoms with van der Waals surface area (Å²) in [5.41, 5.74) is 7.13. The molecule has 2 amide bonds. The number of hydrogen-bond acceptors (Lipinski definition) is 8. The van der Waals surface area contributed by atoms with E-state index in [2.05, 4.69) is 61.8 Å². The van der Waals surface area contributed by atoms with Crippen LogP contribution in [0.15, 0.2) is 50.9 Å². The van der Waals surface area contributed by atoms with Crippen molar-refractivity contribution in [1.29, 1.82) is 0 Å². The molecule has 49 heavy (non-hydrogen) atoms. The van der Waals surface area contributed by atoms with E-state index in [1.165, 1.54) is 11.1 Å². The van der Waals surface area contributed by atoms with E-state index in [4.69, 9.17) is 29.2 Å². The molecule has 3 saturated heterocycles. The second-order valence-electron chi connectivity index (χ2n) is 14.0. The summed E-state index contributed by atoms with van der Waals surface area (Å²) in [6, 6.07) is 12.8. The van der Waals surface area contributed by atoms with Crippen molar-refractivity contribution in [3.05, 3.63) is 52.0 Å². The van der Waals surface area contributed by atoms with E-state index < -0.39 is 5.97 Å². The fourth-order valence-electron chi connectivity index (χ4n) is 6.93. The monoisotopic (exact) mass is 758 g/mol. The summed E-state index contributed by atoms with van der Waals surface area (Å²) in [5.74, 6) is -0.776. The van der Waals surface area contributed by atoms with Gasteiger partial charge in [-0.25, -0.2) is 0 Å². The zero-order valence-corrected chi connectivity index (χ0v) is 34.7. The van der Waals surface area contributed by atoms with Gasteiger partial charge >= 0.3 is 58.5 Å². The van der Waals surface area contributed by atoms with E-state index in [1.54, 1.807) is 13.8 Å². The number of rotatable bonds is 3. The van der Waals surface area contributed by atoms with Gasteiger partial charge in [0, 0.05) is 61.6 Å². The molecule has 7 rings (SSSR count). The van der Waals surface area contributed by atoms with Crippen LogP contribution in [0.4, 0.5) is 11.4 Å². The minimum absolute atomic E-state index is 0. The third kappa shape index (κ3) is 9.21. The summed E-state index contributed by atoms with van der Waals surface area (Å²) < 4.78 is 13.4. The summed E-state index contributed by atoms with van der Waals surface area (Å²) in [4.78, 5) is 45.8. The van der Waals surface area contributed by atoms with Crippen LogP contribution >= 0.6 is 15.9 Å². The van der Waals surface area contributed by atoms with Gasteiger partial charge in [-0.05, 0) is 101 Å².